The van der Waals surface area contributed by atoms with E-state index in [-0.39, 0.29) is 11.8 Å². The van der Waals surface area contributed by atoms with Crippen LogP contribution in [-0.4, -0.2) is 5.91 Å². The quantitative estimate of drug-likeness (QED) is 0.244. The highest BCUT2D eigenvalue weighted by Gasteiger charge is 2.39. The number of hydrazine groups is 1. The van der Waals surface area contributed by atoms with Gasteiger partial charge in [-0.15, -0.1) is 0 Å². The molecule has 0 aromatic rings. The summed E-state index contributed by atoms with van der Waals surface area (Å²) in [5.74, 6) is 6.31. The van der Waals surface area contributed by atoms with Crippen molar-refractivity contribution in [1.82, 2.24) is 5.43 Å². The van der Waals surface area contributed by atoms with Crippen LogP contribution in [0, 0.1) is 17.8 Å². The minimum atomic E-state index is 0.00171. The number of hydrogen-bond acceptors (Lipinski definition) is 2. The number of hydrogen-bond donors (Lipinski definition) is 2. The number of allylic oxidation sites excluding steroid dienone is 2. The minimum absolute atomic E-state index is 0.00171. The van der Waals surface area contributed by atoms with Crippen LogP contribution in [0.3, 0.4) is 0 Å². The summed E-state index contributed by atoms with van der Waals surface area (Å²) in [4.78, 5) is 11.1. The molecule has 0 saturated heterocycles. The van der Waals surface area contributed by atoms with Gasteiger partial charge in [-0.1, -0.05) is 12.2 Å². The maximum absolute atomic E-state index is 11.1. The van der Waals surface area contributed by atoms with E-state index in [4.69, 9.17) is 5.84 Å². The van der Waals surface area contributed by atoms with E-state index >= 15 is 0 Å². The van der Waals surface area contributed by atoms with E-state index in [2.05, 4.69) is 17.6 Å². The molecule has 0 aromatic carbocycles. The zero-order valence-corrected chi connectivity index (χ0v) is 6.29. The maximum atomic E-state index is 11.1. The molecule has 1 amide bonds. The Bertz CT molecular complexity index is 212. The van der Waals surface area contributed by atoms with Gasteiger partial charge < -0.3 is 0 Å². The van der Waals surface area contributed by atoms with Crippen LogP contribution < -0.4 is 11.3 Å². The molecule has 3 atom stereocenters. The molecule has 0 aromatic heterocycles. The average molecular weight is 152 g/mol. The summed E-state index contributed by atoms with van der Waals surface area (Å²) < 4.78 is 0. The van der Waals surface area contributed by atoms with Crippen LogP contribution in [0.1, 0.15) is 12.8 Å². The van der Waals surface area contributed by atoms with Crippen molar-refractivity contribution in [2.24, 2.45) is 23.6 Å². The van der Waals surface area contributed by atoms with Gasteiger partial charge in [-0.3, -0.25) is 10.2 Å². The molecular formula is C8H12N2O. The van der Waals surface area contributed by atoms with Crippen molar-refractivity contribution in [2.75, 3.05) is 0 Å². The maximum Gasteiger partial charge on any atom is 0.237 e. The van der Waals surface area contributed by atoms with E-state index in [0.29, 0.717) is 11.8 Å². The van der Waals surface area contributed by atoms with Gasteiger partial charge >= 0.3 is 0 Å². The summed E-state index contributed by atoms with van der Waals surface area (Å²) in [6, 6.07) is 0. The Morgan fingerprint density at radius 1 is 1.45 bits per heavy atom. The van der Waals surface area contributed by atoms with Crippen LogP contribution in [0.2, 0.25) is 0 Å². The Labute approximate surface area is 65.6 Å². The predicted octanol–water partition coefficient (Wildman–Crippen LogP) is 0.188. The van der Waals surface area contributed by atoms with Crippen molar-refractivity contribution in [3.8, 4) is 0 Å². The highest BCUT2D eigenvalue weighted by atomic mass is 16.2. The fraction of sp³-hybridized carbons (Fsp3) is 0.625. The second kappa shape index (κ2) is 2.34. The number of nitrogens with one attached hydrogen (secondary N) is 1. The van der Waals surface area contributed by atoms with Crippen LogP contribution >= 0.6 is 0 Å². The molecule has 3 nitrogen and oxygen atoms in total. The SMILES string of the molecule is NNC(=O)[C@@H]1C[C@H]2C=C[C@H]1C2. The summed E-state index contributed by atoms with van der Waals surface area (Å²) in [5.41, 5.74) is 2.22. The first-order chi connectivity index (χ1) is 5.31. The van der Waals surface area contributed by atoms with Gasteiger partial charge in [-0.2, -0.15) is 0 Å². The van der Waals surface area contributed by atoms with Crippen LogP contribution in [0.5, 0.6) is 0 Å². The number of fused-ring (bicyclic) bond motifs is 2. The molecular weight excluding hydrogens is 140 g/mol. The fourth-order valence-electron chi connectivity index (χ4n) is 2.19. The van der Waals surface area contributed by atoms with Gasteiger partial charge in [-0.05, 0) is 24.7 Å². The average Bonchev–Trinajstić information content (AvgIpc) is 2.62. The second-order valence-corrected chi connectivity index (χ2v) is 3.40. The third-order valence-corrected chi connectivity index (χ3v) is 2.76. The summed E-state index contributed by atoms with van der Waals surface area (Å²) in [7, 11) is 0. The smallest absolute Gasteiger partial charge is 0.237 e. The number of carbonyl (C=O) groups excluding carboxylic acids is 1. The third-order valence-electron chi connectivity index (χ3n) is 2.76. The lowest BCUT2D eigenvalue weighted by atomic mass is 9.93. The first-order valence-electron chi connectivity index (χ1n) is 4.00. The van der Waals surface area contributed by atoms with Crippen LogP contribution in [0.25, 0.3) is 0 Å². The highest BCUT2D eigenvalue weighted by molar-refractivity contribution is 5.79. The molecule has 0 spiro atoms. The minimum Gasteiger partial charge on any atom is -0.294 e. The molecule has 2 aliphatic carbocycles. The van der Waals surface area contributed by atoms with Crippen LogP contribution in [0.4, 0.5) is 0 Å². The van der Waals surface area contributed by atoms with Crippen molar-refractivity contribution in [2.45, 2.75) is 12.8 Å². The Morgan fingerprint density at radius 2 is 2.27 bits per heavy atom. The van der Waals surface area contributed by atoms with Crippen molar-refractivity contribution >= 4 is 5.91 Å². The first kappa shape index (κ1) is 6.85. The first-order valence-corrected chi connectivity index (χ1v) is 4.00. The Hall–Kier alpha value is -0.830. The standard InChI is InChI=1S/C8H12N2O/c9-10-8(11)7-4-5-1-2-6(7)3-5/h1-2,5-7H,3-4,9H2,(H,10,11)/t5-,6-,7+/m0/s1. The molecule has 2 aliphatic rings. The second-order valence-electron chi connectivity index (χ2n) is 3.40. The van der Waals surface area contributed by atoms with Gasteiger partial charge in [0.25, 0.3) is 0 Å². The molecule has 2 bridgehead atoms. The molecule has 1 saturated carbocycles. The lowest BCUT2D eigenvalue weighted by Gasteiger charge is -2.15. The number of carbonyl (C=O) groups is 1. The fourth-order valence-corrected chi connectivity index (χ4v) is 2.19. The molecule has 60 valence electrons. The molecule has 0 unspecified atom stereocenters. The molecule has 0 radical (unpaired) electrons. The van der Waals surface area contributed by atoms with Crippen LogP contribution in [-0.2, 0) is 4.79 Å². The van der Waals surface area contributed by atoms with E-state index in [0.717, 1.165) is 12.8 Å². The summed E-state index contributed by atoms with van der Waals surface area (Å²) in [6.07, 6.45) is 6.50. The molecule has 2 rings (SSSR count). The highest BCUT2D eigenvalue weighted by Crippen LogP contribution is 2.43. The van der Waals surface area contributed by atoms with E-state index in [1.54, 1.807) is 0 Å². The Morgan fingerprint density at radius 3 is 2.73 bits per heavy atom. The predicted molar refractivity (Wildman–Crippen MR) is 41.2 cm³/mol. The molecule has 1 fully saturated rings. The molecule has 0 heterocycles. The van der Waals surface area contributed by atoms with E-state index in [9.17, 15) is 4.79 Å². The lowest BCUT2D eigenvalue weighted by Crippen LogP contribution is -2.37. The zero-order chi connectivity index (χ0) is 7.84. The number of nitrogens with two attached hydrogens (primary N) is 1. The third kappa shape index (κ3) is 0.959. The Kier molecular flexibility index (Phi) is 1.46. The van der Waals surface area contributed by atoms with E-state index in [1.165, 1.54) is 0 Å². The summed E-state index contributed by atoms with van der Waals surface area (Å²) in [6.45, 7) is 0. The van der Waals surface area contributed by atoms with Gasteiger partial charge in [0.05, 0.1) is 0 Å². The van der Waals surface area contributed by atoms with Crippen LogP contribution in [0.15, 0.2) is 12.2 Å². The van der Waals surface area contributed by atoms with Gasteiger partial charge in [-0.25, -0.2) is 5.84 Å². The molecule has 0 aliphatic heterocycles. The van der Waals surface area contributed by atoms with E-state index < -0.39 is 0 Å². The van der Waals surface area contributed by atoms with Gasteiger partial charge in [0.2, 0.25) is 5.91 Å². The van der Waals surface area contributed by atoms with E-state index in [1.807, 2.05) is 0 Å². The normalized spacial score (nSPS) is 39.5. The number of rotatable bonds is 1. The zero-order valence-electron chi connectivity index (χ0n) is 6.29. The molecule has 3 N–H and O–H groups in total. The molecule has 11 heavy (non-hydrogen) atoms. The van der Waals surface area contributed by atoms with Gasteiger partial charge in [0.15, 0.2) is 0 Å². The molecule has 3 heteroatoms. The van der Waals surface area contributed by atoms with Crippen molar-refractivity contribution < 1.29 is 4.79 Å². The van der Waals surface area contributed by atoms with Crippen molar-refractivity contribution in [3.05, 3.63) is 12.2 Å². The van der Waals surface area contributed by atoms with Crippen molar-refractivity contribution in [1.29, 1.82) is 0 Å². The topological polar surface area (TPSA) is 55.1 Å². The monoisotopic (exact) mass is 152 g/mol. The largest absolute Gasteiger partial charge is 0.294 e. The van der Waals surface area contributed by atoms with Gasteiger partial charge in [0, 0.05) is 5.92 Å². The van der Waals surface area contributed by atoms with Crippen molar-refractivity contribution in [3.63, 3.8) is 0 Å². The summed E-state index contributed by atoms with van der Waals surface area (Å²) in [5, 5.41) is 0. The Balaban J connectivity index is 2.08. The number of amides is 1. The lowest BCUT2D eigenvalue weighted by molar-refractivity contribution is -0.125. The van der Waals surface area contributed by atoms with Gasteiger partial charge in [0.1, 0.15) is 0 Å². The summed E-state index contributed by atoms with van der Waals surface area (Å²) >= 11 is 0.